The van der Waals surface area contributed by atoms with Gasteiger partial charge in [-0.05, 0) is 43.7 Å². The third kappa shape index (κ3) is 6.66. The first-order valence-corrected chi connectivity index (χ1v) is 9.29. The molecule has 0 spiro atoms. The fourth-order valence-electron chi connectivity index (χ4n) is 2.58. The number of carbonyl (C=O) groups excluding carboxylic acids is 1. The van der Waals surface area contributed by atoms with Crippen molar-refractivity contribution in [2.24, 2.45) is 5.92 Å². The number of ether oxygens (including phenoxy) is 1. The Hall–Kier alpha value is -2.21. The van der Waals surface area contributed by atoms with Crippen molar-refractivity contribution in [3.8, 4) is 17.6 Å². The maximum atomic E-state index is 12.6. The van der Waals surface area contributed by atoms with E-state index in [-0.39, 0.29) is 5.91 Å². The number of hydrogen-bond acceptors (Lipinski definition) is 2. The summed E-state index contributed by atoms with van der Waals surface area (Å²) in [6.45, 7) is 4.06. The van der Waals surface area contributed by atoms with Gasteiger partial charge in [-0.15, -0.1) is 0 Å². The van der Waals surface area contributed by atoms with Crippen LogP contribution in [0.25, 0.3) is 0 Å². The van der Waals surface area contributed by atoms with Crippen LogP contribution in [0.15, 0.2) is 29.8 Å². The number of amides is 1. The minimum Gasteiger partial charge on any atom is -0.497 e. The molecule has 1 aliphatic carbocycles. The number of unbranched alkanes of at least 4 members (excludes halogenated alkanes) is 2. The minimum absolute atomic E-state index is 0.139. The molecule has 1 aliphatic rings. The Morgan fingerprint density at radius 3 is 2.88 bits per heavy atom. The summed E-state index contributed by atoms with van der Waals surface area (Å²) >= 11 is 0. The van der Waals surface area contributed by atoms with E-state index in [0.29, 0.717) is 5.57 Å². The quantitative estimate of drug-likeness (QED) is 0.399. The number of carbonyl (C=O) groups is 1. The van der Waals surface area contributed by atoms with Crippen LogP contribution in [0.3, 0.4) is 0 Å². The fraction of sp³-hybridized carbons (Fsp3) is 0.500. The Kier molecular flexibility index (Phi) is 7.60. The Morgan fingerprint density at radius 2 is 2.20 bits per heavy atom. The number of aryl methyl sites for hydroxylation is 1. The SMILES string of the molecule is CCC/C=C(\C#CCCCC1CC1)C(=O)Nc1cc(OC)ccc1C. The highest BCUT2D eigenvalue weighted by molar-refractivity contribution is 6.07. The minimum atomic E-state index is -0.139. The van der Waals surface area contributed by atoms with Crippen molar-refractivity contribution < 1.29 is 9.53 Å². The number of anilines is 1. The zero-order chi connectivity index (χ0) is 18.1. The molecule has 1 N–H and O–H groups in total. The zero-order valence-electron chi connectivity index (χ0n) is 15.7. The average molecular weight is 339 g/mol. The van der Waals surface area contributed by atoms with Gasteiger partial charge in [0.25, 0.3) is 5.91 Å². The van der Waals surface area contributed by atoms with Crippen molar-refractivity contribution in [1.29, 1.82) is 0 Å². The summed E-state index contributed by atoms with van der Waals surface area (Å²) in [5.74, 6) is 7.79. The number of allylic oxidation sites excluding steroid dienone is 1. The molecule has 2 rings (SSSR count). The molecule has 3 heteroatoms. The largest absolute Gasteiger partial charge is 0.497 e. The molecule has 1 aromatic carbocycles. The van der Waals surface area contributed by atoms with E-state index >= 15 is 0 Å². The molecule has 0 aromatic heterocycles. The molecule has 1 saturated carbocycles. The van der Waals surface area contributed by atoms with Gasteiger partial charge in [0.1, 0.15) is 5.75 Å². The lowest BCUT2D eigenvalue weighted by atomic mass is 10.1. The predicted octanol–water partition coefficient (Wildman–Crippen LogP) is 5.25. The fourth-order valence-corrected chi connectivity index (χ4v) is 2.58. The monoisotopic (exact) mass is 339 g/mol. The van der Waals surface area contributed by atoms with E-state index in [1.807, 2.05) is 31.2 Å². The lowest BCUT2D eigenvalue weighted by molar-refractivity contribution is -0.112. The van der Waals surface area contributed by atoms with E-state index < -0.39 is 0 Å². The molecular formula is C22H29NO2. The molecule has 0 atom stereocenters. The van der Waals surface area contributed by atoms with Gasteiger partial charge in [0.2, 0.25) is 0 Å². The molecule has 1 aromatic rings. The first-order chi connectivity index (χ1) is 12.1. The van der Waals surface area contributed by atoms with E-state index in [1.165, 1.54) is 19.3 Å². The Bertz CT molecular complexity index is 675. The van der Waals surface area contributed by atoms with Crippen molar-refractivity contribution >= 4 is 11.6 Å². The Labute approximate surface area is 151 Å². The second-order valence-corrected chi connectivity index (χ2v) is 6.68. The molecule has 3 nitrogen and oxygen atoms in total. The highest BCUT2D eigenvalue weighted by Gasteiger charge is 2.19. The highest BCUT2D eigenvalue weighted by atomic mass is 16.5. The molecular weight excluding hydrogens is 310 g/mol. The van der Waals surface area contributed by atoms with Gasteiger partial charge < -0.3 is 10.1 Å². The van der Waals surface area contributed by atoms with E-state index in [4.69, 9.17) is 4.74 Å². The maximum absolute atomic E-state index is 12.6. The van der Waals surface area contributed by atoms with E-state index in [0.717, 1.165) is 48.6 Å². The number of benzene rings is 1. The van der Waals surface area contributed by atoms with Gasteiger partial charge in [0, 0.05) is 18.2 Å². The first kappa shape index (κ1) is 19.1. The molecule has 0 aliphatic heterocycles. The molecule has 0 heterocycles. The summed E-state index contributed by atoms with van der Waals surface area (Å²) in [6.07, 6.45) is 9.85. The van der Waals surface area contributed by atoms with Gasteiger partial charge in [-0.1, -0.05) is 50.2 Å². The summed E-state index contributed by atoms with van der Waals surface area (Å²) in [7, 11) is 1.62. The third-order valence-electron chi connectivity index (χ3n) is 4.41. The summed E-state index contributed by atoms with van der Waals surface area (Å²) in [5.41, 5.74) is 2.33. The molecule has 0 saturated heterocycles. The lowest BCUT2D eigenvalue weighted by Crippen LogP contribution is -2.14. The molecule has 134 valence electrons. The van der Waals surface area contributed by atoms with Gasteiger partial charge in [0.15, 0.2) is 0 Å². The van der Waals surface area contributed by atoms with Crippen LogP contribution in [0.4, 0.5) is 5.69 Å². The second-order valence-electron chi connectivity index (χ2n) is 6.68. The second kappa shape index (κ2) is 9.93. The average Bonchev–Trinajstić information content (AvgIpc) is 3.43. The normalized spacial score (nSPS) is 13.8. The number of methoxy groups -OCH3 is 1. The van der Waals surface area contributed by atoms with Gasteiger partial charge in [-0.2, -0.15) is 0 Å². The number of nitrogens with one attached hydrogen (secondary N) is 1. The van der Waals surface area contributed by atoms with Crippen molar-refractivity contribution in [2.75, 3.05) is 12.4 Å². The van der Waals surface area contributed by atoms with Crippen LogP contribution >= 0.6 is 0 Å². The van der Waals surface area contributed by atoms with Crippen LogP contribution in [0.1, 0.15) is 57.4 Å². The van der Waals surface area contributed by atoms with E-state index in [9.17, 15) is 4.79 Å². The number of hydrogen-bond donors (Lipinski definition) is 1. The third-order valence-corrected chi connectivity index (χ3v) is 4.41. The topological polar surface area (TPSA) is 38.3 Å². The summed E-state index contributed by atoms with van der Waals surface area (Å²) < 4.78 is 5.24. The molecule has 0 bridgehead atoms. The van der Waals surface area contributed by atoms with E-state index in [1.54, 1.807) is 7.11 Å². The number of rotatable bonds is 8. The molecule has 1 fully saturated rings. The highest BCUT2D eigenvalue weighted by Crippen LogP contribution is 2.33. The lowest BCUT2D eigenvalue weighted by Gasteiger charge is -2.10. The molecule has 0 radical (unpaired) electrons. The summed E-state index contributed by atoms with van der Waals surface area (Å²) in [4.78, 5) is 12.6. The van der Waals surface area contributed by atoms with Crippen LogP contribution in [0.2, 0.25) is 0 Å². The van der Waals surface area contributed by atoms with Crippen LogP contribution in [-0.4, -0.2) is 13.0 Å². The zero-order valence-corrected chi connectivity index (χ0v) is 15.7. The smallest absolute Gasteiger partial charge is 0.263 e. The van der Waals surface area contributed by atoms with Crippen LogP contribution in [0.5, 0.6) is 5.75 Å². The van der Waals surface area contributed by atoms with Crippen molar-refractivity contribution in [1.82, 2.24) is 0 Å². The van der Waals surface area contributed by atoms with Gasteiger partial charge >= 0.3 is 0 Å². The maximum Gasteiger partial charge on any atom is 0.263 e. The Morgan fingerprint density at radius 1 is 1.40 bits per heavy atom. The van der Waals surface area contributed by atoms with Gasteiger partial charge in [-0.25, -0.2) is 0 Å². The standard InChI is InChI=1S/C22H29NO2/c1-4-5-10-19(11-8-6-7-9-18-13-14-18)22(24)23-21-16-20(25-3)15-12-17(21)2/h10,12,15-16,18H,4-7,9,13-14H2,1-3H3,(H,23,24)/b19-10+. The van der Waals surface area contributed by atoms with Crippen LogP contribution < -0.4 is 10.1 Å². The predicted molar refractivity (Wildman–Crippen MR) is 104 cm³/mol. The van der Waals surface area contributed by atoms with Gasteiger partial charge in [-0.3, -0.25) is 4.79 Å². The van der Waals surface area contributed by atoms with Crippen molar-refractivity contribution in [3.05, 3.63) is 35.4 Å². The van der Waals surface area contributed by atoms with E-state index in [2.05, 4.69) is 24.1 Å². The van der Waals surface area contributed by atoms with Crippen LogP contribution in [0, 0.1) is 24.7 Å². The summed E-state index contributed by atoms with van der Waals surface area (Å²) in [6, 6.07) is 5.67. The molecule has 1 amide bonds. The Balaban J connectivity index is 2.00. The van der Waals surface area contributed by atoms with Crippen molar-refractivity contribution in [3.63, 3.8) is 0 Å². The van der Waals surface area contributed by atoms with Gasteiger partial charge in [0.05, 0.1) is 12.7 Å². The summed E-state index contributed by atoms with van der Waals surface area (Å²) in [5, 5.41) is 2.97. The van der Waals surface area contributed by atoms with Crippen molar-refractivity contribution in [2.45, 2.75) is 58.8 Å². The molecule has 0 unspecified atom stereocenters. The first-order valence-electron chi connectivity index (χ1n) is 9.29. The van der Waals surface area contributed by atoms with Crippen LogP contribution in [-0.2, 0) is 4.79 Å². The molecule has 25 heavy (non-hydrogen) atoms.